The summed E-state index contributed by atoms with van der Waals surface area (Å²) in [5.74, 6) is -0.483. The lowest BCUT2D eigenvalue weighted by molar-refractivity contribution is -0.143. The van der Waals surface area contributed by atoms with Gasteiger partial charge in [-0.3, -0.25) is 9.78 Å². The van der Waals surface area contributed by atoms with E-state index in [0.29, 0.717) is 38.1 Å². The van der Waals surface area contributed by atoms with Gasteiger partial charge in [0.25, 0.3) is 5.91 Å². The molecule has 12 heteroatoms. The van der Waals surface area contributed by atoms with E-state index < -0.39 is 41.1 Å². The average Bonchev–Trinajstić information content (AvgIpc) is 2.80. The third-order valence-corrected chi connectivity index (χ3v) is 5.74. The lowest BCUT2D eigenvalue weighted by atomic mass is 9.96. The molecule has 202 valence electrons. The number of amides is 2. The standard InChI is InChI=1S/C25H27F6N3O3/c1-23(2,3)37-22(36)34-6-4-15(5-7-34)12-33-21(35)18-8-17(13-32-14-18)16-9-19(24(26,27)28)11-20(10-16)25(29,30)31/h8-11,13-15H,4-7,12H2,1-3H3,(H,33,35). The predicted molar refractivity (Wildman–Crippen MR) is 123 cm³/mol. The number of aromatic nitrogens is 1. The molecule has 0 radical (unpaired) electrons. The van der Waals surface area contributed by atoms with Crippen LogP contribution in [0.2, 0.25) is 0 Å². The maximum absolute atomic E-state index is 13.2. The molecule has 0 unspecified atom stereocenters. The van der Waals surface area contributed by atoms with Gasteiger partial charge in [-0.2, -0.15) is 26.3 Å². The third kappa shape index (κ3) is 7.83. The zero-order chi connectivity index (χ0) is 27.6. The highest BCUT2D eigenvalue weighted by Crippen LogP contribution is 2.38. The van der Waals surface area contributed by atoms with E-state index in [1.165, 1.54) is 12.3 Å². The Balaban J connectivity index is 1.67. The summed E-state index contributed by atoms with van der Waals surface area (Å²) >= 11 is 0. The first-order valence-electron chi connectivity index (χ1n) is 11.5. The van der Waals surface area contributed by atoms with Gasteiger partial charge in [0, 0.05) is 37.6 Å². The molecule has 1 N–H and O–H groups in total. The molecular formula is C25H27F6N3O3. The second kappa shape index (κ2) is 10.6. The van der Waals surface area contributed by atoms with Gasteiger partial charge < -0.3 is 15.0 Å². The Morgan fingerprint density at radius 3 is 2.00 bits per heavy atom. The molecule has 1 saturated heterocycles. The minimum absolute atomic E-state index is 0.00494. The zero-order valence-corrected chi connectivity index (χ0v) is 20.5. The van der Waals surface area contributed by atoms with Crippen molar-refractivity contribution in [2.45, 2.75) is 51.6 Å². The van der Waals surface area contributed by atoms with Gasteiger partial charge in [0.05, 0.1) is 16.7 Å². The van der Waals surface area contributed by atoms with E-state index in [1.54, 1.807) is 25.7 Å². The number of nitrogens with one attached hydrogen (secondary N) is 1. The summed E-state index contributed by atoms with van der Waals surface area (Å²) in [5.41, 5.74) is -3.94. The van der Waals surface area contributed by atoms with Crippen LogP contribution in [0.5, 0.6) is 0 Å². The van der Waals surface area contributed by atoms with Gasteiger partial charge in [-0.1, -0.05) is 0 Å². The lowest BCUT2D eigenvalue weighted by Gasteiger charge is -2.33. The fourth-order valence-electron chi connectivity index (χ4n) is 3.83. The first kappa shape index (κ1) is 28.3. The van der Waals surface area contributed by atoms with Gasteiger partial charge in [0.2, 0.25) is 0 Å². The molecule has 6 nitrogen and oxygen atoms in total. The van der Waals surface area contributed by atoms with Gasteiger partial charge in [0.1, 0.15) is 5.60 Å². The number of alkyl halides is 6. The van der Waals surface area contributed by atoms with Crippen LogP contribution in [-0.2, 0) is 17.1 Å². The van der Waals surface area contributed by atoms with Crippen LogP contribution in [0.1, 0.15) is 55.1 Å². The summed E-state index contributed by atoms with van der Waals surface area (Å²) in [5, 5.41) is 2.73. The van der Waals surface area contributed by atoms with E-state index >= 15 is 0 Å². The van der Waals surface area contributed by atoms with Crippen molar-refractivity contribution in [3.63, 3.8) is 0 Å². The number of hydrogen-bond donors (Lipinski definition) is 1. The summed E-state index contributed by atoms with van der Waals surface area (Å²) < 4.78 is 84.6. The number of piperidine rings is 1. The van der Waals surface area contributed by atoms with Gasteiger partial charge in [-0.15, -0.1) is 0 Å². The van der Waals surface area contributed by atoms with Gasteiger partial charge in [-0.25, -0.2) is 4.79 Å². The van der Waals surface area contributed by atoms with Crippen molar-refractivity contribution in [2.75, 3.05) is 19.6 Å². The number of rotatable bonds is 4. The molecular weight excluding hydrogens is 504 g/mol. The van der Waals surface area contributed by atoms with E-state index in [9.17, 15) is 35.9 Å². The highest BCUT2D eigenvalue weighted by Gasteiger charge is 2.37. The van der Waals surface area contributed by atoms with Crippen LogP contribution >= 0.6 is 0 Å². The Hall–Kier alpha value is -3.31. The molecule has 2 heterocycles. The molecule has 0 saturated carbocycles. The molecule has 37 heavy (non-hydrogen) atoms. The van der Waals surface area contributed by atoms with E-state index in [0.717, 1.165) is 6.20 Å². The minimum Gasteiger partial charge on any atom is -0.444 e. The smallest absolute Gasteiger partial charge is 0.416 e. The molecule has 3 rings (SSSR count). The SMILES string of the molecule is CC(C)(C)OC(=O)N1CCC(CNC(=O)c2cncc(-c3cc(C(F)(F)F)cc(C(F)(F)F)c3)c2)CC1. The number of likely N-dealkylation sites (tertiary alicyclic amines) is 1. The molecule has 1 fully saturated rings. The Kier molecular flexibility index (Phi) is 8.09. The van der Waals surface area contributed by atoms with Gasteiger partial charge >= 0.3 is 18.4 Å². The Morgan fingerprint density at radius 2 is 1.49 bits per heavy atom. The molecule has 1 aromatic carbocycles. The van der Waals surface area contributed by atoms with E-state index in [1.807, 2.05) is 0 Å². The molecule has 1 aromatic heterocycles. The first-order chi connectivity index (χ1) is 17.0. The first-order valence-corrected chi connectivity index (χ1v) is 11.5. The summed E-state index contributed by atoms with van der Waals surface area (Å²) in [6.45, 7) is 6.54. The minimum atomic E-state index is -4.99. The highest BCUT2D eigenvalue weighted by molar-refractivity contribution is 5.95. The number of carbonyl (C=O) groups excluding carboxylic acids is 2. The van der Waals surface area contributed by atoms with E-state index in [4.69, 9.17) is 4.74 Å². The molecule has 0 spiro atoms. The molecule has 2 aromatic rings. The number of carbonyl (C=O) groups is 2. The van der Waals surface area contributed by atoms with Crippen LogP contribution in [0.25, 0.3) is 11.1 Å². The monoisotopic (exact) mass is 531 g/mol. The molecule has 0 aliphatic carbocycles. The Labute approximate surface area is 210 Å². The van der Waals surface area contributed by atoms with Crippen LogP contribution in [0, 0.1) is 5.92 Å². The average molecular weight is 531 g/mol. The van der Waals surface area contributed by atoms with Crippen molar-refractivity contribution in [1.82, 2.24) is 15.2 Å². The second-order valence-electron chi connectivity index (χ2n) is 9.88. The maximum atomic E-state index is 13.2. The Morgan fingerprint density at radius 1 is 0.919 bits per heavy atom. The lowest BCUT2D eigenvalue weighted by Crippen LogP contribution is -2.43. The van der Waals surface area contributed by atoms with Crippen molar-refractivity contribution in [2.24, 2.45) is 5.92 Å². The van der Waals surface area contributed by atoms with Crippen molar-refractivity contribution in [3.8, 4) is 11.1 Å². The van der Waals surface area contributed by atoms with Crippen molar-refractivity contribution >= 4 is 12.0 Å². The van der Waals surface area contributed by atoms with Gasteiger partial charge in [-0.05, 0) is 69.4 Å². The quantitative estimate of drug-likeness (QED) is 0.480. The summed E-state index contributed by atoms with van der Waals surface area (Å²) in [7, 11) is 0. The van der Waals surface area contributed by atoms with Crippen molar-refractivity contribution in [1.29, 1.82) is 0 Å². The number of benzene rings is 1. The van der Waals surface area contributed by atoms with E-state index in [-0.39, 0.29) is 35.2 Å². The molecule has 1 aliphatic heterocycles. The van der Waals surface area contributed by atoms with Crippen LogP contribution in [0.4, 0.5) is 31.1 Å². The van der Waals surface area contributed by atoms with Gasteiger partial charge in [0.15, 0.2) is 0 Å². The van der Waals surface area contributed by atoms with E-state index in [2.05, 4.69) is 10.3 Å². The molecule has 0 atom stereocenters. The maximum Gasteiger partial charge on any atom is 0.416 e. The normalized spacial score (nSPS) is 15.4. The summed E-state index contributed by atoms with van der Waals surface area (Å²) in [4.78, 5) is 30.3. The zero-order valence-electron chi connectivity index (χ0n) is 20.5. The Bertz CT molecular complexity index is 1100. The van der Waals surface area contributed by atoms with Crippen LogP contribution in [0.15, 0.2) is 36.7 Å². The molecule has 2 amide bonds. The fourth-order valence-corrected chi connectivity index (χ4v) is 3.83. The second-order valence-corrected chi connectivity index (χ2v) is 9.88. The van der Waals surface area contributed by atoms with Crippen LogP contribution < -0.4 is 5.32 Å². The number of nitrogens with zero attached hydrogens (tertiary/aromatic N) is 2. The van der Waals surface area contributed by atoms with Crippen LogP contribution in [0.3, 0.4) is 0 Å². The molecule has 0 bridgehead atoms. The summed E-state index contributed by atoms with van der Waals surface area (Å²) in [6, 6.07) is 2.42. The summed E-state index contributed by atoms with van der Waals surface area (Å²) in [6.07, 6.45) is -6.85. The fraction of sp³-hybridized carbons (Fsp3) is 0.480. The number of hydrogen-bond acceptors (Lipinski definition) is 4. The highest BCUT2D eigenvalue weighted by atomic mass is 19.4. The molecule has 1 aliphatic rings. The van der Waals surface area contributed by atoms with Crippen molar-refractivity contribution in [3.05, 3.63) is 53.3 Å². The number of pyridine rings is 1. The predicted octanol–water partition coefficient (Wildman–Crippen LogP) is 6.16. The number of ether oxygens (including phenoxy) is 1. The largest absolute Gasteiger partial charge is 0.444 e. The van der Waals surface area contributed by atoms with Crippen LogP contribution in [-0.4, -0.2) is 47.1 Å². The topological polar surface area (TPSA) is 71.5 Å². The van der Waals surface area contributed by atoms with Crippen molar-refractivity contribution < 1.29 is 40.7 Å². The third-order valence-electron chi connectivity index (χ3n) is 5.74. The number of halogens is 6.